The van der Waals surface area contributed by atoms with Gasteiger partial charge in [-0.25, -0.2) is 14.6 Å². The molecule has 5 heterocycles. The van der Waals surface area contributed by atoms with E-state index in [-0.39, 0.29) is 0 Å². The van der Waals surface area contributed by atoms with Gasteiger partial charge in [-0.2, -0.15) is 5.10 Å². The van der Waals surface area contributed by atoms with E-state index in [1.807, 2.05) is 16.9 Å². The highest BCUT2D eigenvalue weighted by molar-refractivity contribution is 5.77. The highest BCUT2D eigenvalue weighted by atomic mass is 16.5. The average Bonchev–Trinajstić information content (AvgIpc) is 3.47. The molecule has 1 atom stereocenters. The topological polar surface area (TPSA) is 64.2 Å². The van der Waals surface area contributed by atoms with E-state index in [9.17, 15) is 0 Å². The first-order chi connectivity index (χ1) is 18.3. The second-order valence-corrected chi connectivity index (χ2v) is 10.0. The molecule has 8 heteroatoms. The van der Waals surface area contributed by atoms with Crippen LogP contribution in [0.15, 0.2) is 72.9 Å². The monoisotopic (exact) mass is 493 g/mol. The Balaban J connectivity index is 1.05. The van der Waals surface area contributed by atoms with E-state index in [1.165, 1.54) is 11.1 Å². The van der Waals surface area contributed by atoms with Crippen molar-refractivity contribution in [1.82, 2.24) is 29.2 Å². The molecule has 0 unspecified atom stereocenters. The van der Waals surface area contributed by atoms with Gasteiger partial charge in [0.15, 0.2) is 5.65 Å². The number of rotatable bonds is 7. The van der Waals surface area contributed by atoms with Crippen molar-refractivity contribution < 1.29 is 4.74 Å². The molecule has 2 aromatic carbocycles. The number of fused-ring (bicyclic) bond motifs is 2. The number of nitrogens with zero attached hydrogens (tertiary/aromatic N) is 7. The standard InChI is InChI=1S/C29H31N7O/c1-2-6-22(7-3-1)19-36-29-23(18-30-36)10-11-27(32-29)34-15-13-33(14-16-34)21-28-31-25-8-4-5-9-26(25)35(28)20-24-12-17-37-24/h1-11,18,24H,12-17,19-21H2/t24-/m0/s1. The first-order valence-electron chi connectivity index (χ1n) is 13.2. The smallest absolute Gasteiger partial charge is 0.160 e. The van der Waals surface area contributed by atoms with Gasteiger partial charge in [0.05, 0.1) is 43.0 Å². The molecule has 188 valence electrons. The van der Waals surface area contributed by atoms with Crippen LogP contribution in [0.2, 0.25) is 0 Å². The molecule has 0 bridgehead atoms. The predicted octanol–water partition coefficient (Wildman–Crippen LogP) is 3.94. The van der Waals surface area contributed by atoms with Gasteiger partial charge in [-0.05, 0) is 36.2 Å². The van der Waals surface area contributed by atoms with Crippen molar-refractivity contribution >= 4 is 27.9 Å². The highest BCUT2D eigenvalue weighted by Gasteiger charge is 2.24. The molecule has 3 aromatic heterocycles. The molecule has 2 fully saturated rings. The summed E-state index contributed by atoms with van der Waals surface area (Å²) in [7, 11) is 0. The van der Waals surface area contributed by atoms with E-state index in [4.69, 9.17) is 14.7 Å². The van der Waals surface area contributed by atoms with E-state index in [2.05, 4.69) is 80.1 Å². The average molecular weight is 494 g/mol. The number of imidazole rings is 1. The maximum absolute atomic E-state index is 5.75. The van der Waals surface area contributed by atoms with Gasteiger partial charge in [0.1, 0.15) is 11.6 Å². The minimum Gasteiger partial charge on any atom is -0.376 e. The van der Waals surface area contributed by atoms with Crippen LogP contribution in [-0.2, 0) is 24.4 Å². The normalized spacial score (nSPS) is 18.5. The quantitative estimate of drug-likeness (QED) is 0.342. The summed E-state index contributed by atoms with van der Waals surface area (Å²) in [5, 5.41) is 5.68. The molecule has 0 radical (unpaired) electrons. The fourth-order valence-corrected chi connectivity index (χ4v) is 5.41. The number of benzene rings is 2. The van der Waals surface area contributed by atoms with Crippen LogP contribution in [0.3, 0.4) is 0 Å². The predicted molar refractivity (Wildman–Crippen MR) is 145 cm³/mol. The number of hydrogen-bond acceptors (Lipinski definition) is 6. The highest BCUT2D eigenvalue weighted by Crippen LogP contribution is 2.24. The zero-order chi connectivity index (χ0) is 24.6. The van der Waals surface area contributed by atoms with Crippen molar-refractivity contribution in [3.8, 4) is 0 Å². The summed E-state index contributed by atoms with van der Waals surface area (Å²) < 4.78 is 10.1. The lowest BCUT2D eigenvalue weighted by atomic mass is 10.2. The SMILES string of the molecule is c1ccc(Cn2ncc3ccc(N4CCN(Cc5nc6ccccc6n5C[C@@H]5CCO5)CC4)nc32)cc1. The Labute approximate surface area is 216 Å². The summed E-state index contributed by atoms with van der Waals surface area (Å²) in [6.07, 6.45) is 3.35. The molecule has 8 nitrogen and oxygen atoms in total. The maximum atomic E-state index is 5.75. The first-order valence-corrected chi connectivity index (χ1v) is 13.2. The first kappa shape index (κ1) is 22.4. The van der Waals surface area contributed by atoms with Crippen molar-refractivity contribution in [2.75, 3.05) is 37.7 Å². The van der Waals surface area contributed by atoms with E-state index in [0.29, 0.717) is 6.10 Å². The van der Waals surface area contributed by atoms with Gasteiger partial charge in [-0.3, -0.25) is 4.90 Å². The maximum Gasteiger partial charge on any atom is 0.160 e. The molecule has 5 aromatic rings. The van der Waals surface area contributed by atoms with Crippen molar-refractivity contribution in [2.24, 2.45) is 0 Å². The number of pyridine rings is 1. The fourth-order valence-electron chi connectivity index (χ4n) is 5.41. The molecule has 0 spiro atoms. The zero-order valence-corrected chi connectivity index (χ0v) is 20.9. The molecule has 2 saturated heterocycles. The van der Waals surface area contributed by atoms with E-state index < -0.39 is 0 Å². The molecule has 2 aliphatic heterocycles. The molecule has 37 heavy (non-hydrogen) atoms. The Morgan fingerprint density at radius 3 is 2.46 bits per heavy atom. The number of ether oxygens (including phenoxy) is 1. The molecule has 2 aliphatic rings. The van der Waals surface area contributed by atoms with Gasteiger partial charge in [0.2, 0.25) is 0 Å². The summed E-state index contributed by atoms with van der Waals surface area (Å²) in [5.41, 5.74) is 4.44. The third kappa shape index (κ3) is 4.47. The van der Waals surface area contributed by atoms with E-state index in [1.54, 1.807) is 0 Å². The van der Waals surface area contributed by atoms with Crippen molar-refractivity contribution in [1.29, 1.82) is 0 Å². The van der Waals surface area contributed by atoms with Gasteiger partial charge >= 0.3 is 0 Å². The molecule has 0 amide bonds. The lowest BCUT2D eigenvalue weighted by molar-refractivity contribution is -0.0592. The van der Waals surface area contributed by atoms with Crippen LogP contribution in [-0.4, -0.2) is 68.1 Å². The molecule has 0 aliphatic carbocycles. The third-order valence-corrected chi connectivity index (χ3v) is 7.62. The molecular weight excluding hydrogens is 462 g/mol. The minimum absolute atomic E-state index is 0.310. The molecular formula is C29H31N7O. The van der Waals surface area contributed by atoms with Crippen LogP contribution >= 0.6 is 0 Å². The summed E-state index contributed by atoms with van der Waals surface area (Å²) in [4.78, 5) is 14.9. The molecule has 0 N–H and O–H groups in total. The number of para-hydroxylation sites is 2. The van der Waals surface area contributed by atoms with Gasteiger partial charge < -0.3 is 14.2 Å². The fraction of sp³-hybridized carbons (Fsp3) is 0.345. The summed E-state index contributed by atoms with van der Waals surface area (Å²) in [6, 6.07) is 23.1. The Hall–Kier alpha value is -3.75. The summed E-state index contributed by atoms with van der Waals surface area (Å²) >= 11 is 0. The van der Waals surface area contributed by atoms with Crippen molar-refractivity contribution in [3.63, 3.8) is 0 Å². The van der Waals surface area contributed by atoms with E-state index >= 15 is 0 Å². The number of anilines is 1. The number of piperazine rings is 1. The van der Waals surface area contributed by atoms with Gasteiger partial charge in [0, 0.05) is 38.2 Å². The lowest BCUT2D eigenvalue weighted by Crippen LogP contribution is -2.46. The van der Waals surface area contributed by atoms with Crippen LogP contribution in [0.5, 0.6) is 0 Å². The second-order valence-electron chi connectivity index (χ2n) is 10.0. The third-order valence-electron chi connectivity index (χ3n) is 7.62. The number of hydrogen-bond donors (Lipinski definition) is 0. The van der Waals surface area contributed by atoms with Crippen molar-refractivity contribution in [3.05, 3.63) is 84.3 Å². The van der Waals surface area contributed by atoms with Crippen LogP contribution in [0.1, 0.15) is 17.8 Å². The van der Waals surface area contributed by atoms with Crippen LogP contribution in [0.25, 0.3) is 22.1 Å². The van der Waals surface area contributed by atoms with E-state index in [0.717, 1.165) is 87.0 Å². The Bertz CT molecular complexity index is 1510. The number of aromatic nitrogens is 5. The van der Waals surface area contributed by atoms with Crippen molar-refractivity contribution in [2.45, 2.75) is 32.2 Å². The summed E-state index contributed by atoms with van der Waals surface area (Å²) in [5.74, 6) is 2.16. The lowest BCUT2D eigenvalue weighted by Gasteiger charge is -2.35. The largest absolute Gasteiger partial charge is 0.376 e. The van der Waals surface area contributed by atoms with Crippen LogP contribution in [0.4, 0.5) is 5.82 Å². The summed E-state index contributed by atoms with van der Waals surface area (Å²) in [6.45, 7) is 7.18. The minimum atomic E-state index is 0.310. The Morgan fingerprint density at radius 2 is 1.65 bits per heavy atom. The van der Waals surface area contributed by atoms with Crippen LogP contribution < -0.4 is 4.90 Å². The van der Waals surface area contributed by atoms with Crippen LogP contribution in [0, 0.1) is 0 Å². The Kier molecular flexibility index (Phi) is 5.83. The molecule has 0 saturated carbocycles. The van der Waals surface area contributed by atoms with Gasteiger partial charge in [-0.1, -0.05) is 42.5 Å². The molecule has 7 rings (SSSR count). The zero-order valence-electron chi connectivity index (χ0n) is 20.9. The van der Waals surface area contributed by atoms with Gasteiger partial charge in [-0.15, -0.1) is 0 Å². The van der Waals surface area contributed by atoms with Gasteiger partial charge in [0.25, 0.3) is 0 Å². The Morgan fingerprint density at radius 1 is 0.838 bits per heavy atom. The second kappa shape index (κ2) is 9.61.